The highest BCUT2D eigenvalue weighted by Crippen LogP contribution is 2.09. The van der Waals surface area contributed by atoms with Crippen LogP contribution in [0.25, 0.3) is 0 Å². The number of carbonyl (C=O) groups is 1. The van der Waals surface area contributed by atoms with Gasteiger partial charge in [-0.05, 0) is 12.1 Å². The van der Waals surface area contributed by atoms with Crippen LogP contribution in [0, 0.1) is 0 Å². The van der Waals surface area contributed by atoms with Crippen molar-refractivity contribution < 1.29 is 9.53 Å². The number of aromatic nitrogens is 3. The van der Waals surface area contributed by atoms with Gasteiger partial charge in [0.15, 0.2) is 0 Å². The molecule has 2 aromatic heterocycles. The largest absolute Gasteiger partial charge is 0.383 e. The fourth-order valence-electron chi connectivity index (χ4n) is 1.61. The highest BCUT2D eigenvalue weighted by atomic mass is 16.5. The average Bonchev–Trinajstić information content (AvgIpc) is 2.92. The van der Waals surface area contributed by atoms with Crippen LogP contribution in [0.2, 0.25) is 0 Å². The number of nitrogens with zero attached hydrogens (tertiary/aromatic N) is 3. The van der Waals surface area contributed by atoms with Crippen LogP contribution in [0.15, 0.2) is 30.7 Å². The number of pyridine rings is 1. The van der Waals surface area contributed by atoms with E-state index in [4.69, 9.17) is 4.74 Å². The monoisotopic (exact) mass is 275 g/mol. The third-order valence-electron chi connectivity index (χ3n) is 2.70. The van der Waals surface area contributed by atoms with Crippen molar-refractivity contribution in [1.82, 2.24) is 14.8 Å². The number of hydrogen-bond donors (Lipinski definition) is 2. The Morgan fingerprint density at radius 2 is 2.25 bits per heavy atom. The van der Waals surface area contributed by atoms with Crippen molar-refractivity contribution in [1.29, 1.82) is 0 Å². The van der Waals surface area contributed by atoms with Crippen molar-refractivity contribution in [3.63, 3.8) is 0 Å². The Hall–Kier alpha value is -2.41. The van der Waals surface area contributed by atoms with E-state index >= 15 is 0 Å². The zero-order chi connectivity index (χ0) is 14.4. The lowest BCUT2D eigenvalue weighted by Crippen LogP contribution is -2.12. The molecule has 0 radical (unpaired) electrons. The highest BCUT2D eigenvalue weighted by Gasteiger charge is 2.08. The second-order valence-electron chi connectivity index (χ2n) is 4.12. The van der Waals surface area contributed by atoms with Gasteiger partial charge in [0.25, 0.3) is 5.91 Å². The SMILES string of the molecule is CNc1ccc(C(=O)Nc2cnn(CCOC)c2)cn1. The van der Waals surface area contributed by atoms with Gasteiger partial charge in [0, 0.05) is 26.6 Å². The first-order valence-electron chi connectivity index (χ1n) is 6.19. The molecule has 0 saturated carbocycles. The number of amides is 1. The third-order valence-corrected chi connectivity index (χ3v) is 2.70. The van der Waals surface area contributed by atoms with Gasteiger partial charge in [0.1, 0.15) is 5.82 Å². The Balaban J connectivity index is 1.97. The van der Waals surface area contributed by atoms with E-state index in [-0.39, 0.29) is 5.91 Å². The molecular weight excluding hydrogens is 258 g/mol. The maximum absolute atomic E-state index is 12.0. The second kappa shape index (κ2) is 6.67. The molecule has 1 amide bonds. The summed E-state index contributed by atoms with van der Waals surface area (Å²) in [4.78, 5) is 16.1. The standard InChI is InChI=1S/C13H17N5O2/c1-14-12-4-3-10(7-15-12)13(19)17-11-8-16-18(9-11)5-6-20-2/h3-4,7-9H,5-6H2,1-2H3,(H,14,15)(H,17,19). The molecule has 0 aliphatic carbocycles. The average molecular weight is 275 g/mol. The third kappa shape index (κ3) is 3.55. The Morgan fingerprint density at radius 1 is 1.40 bits per heavy atom. The molecule has 0 aromatic carbocycles. The molecule has 0 unspecified atom stereocenters. The van der Waals surface area contributed by atoms with Gasteiger partial charge in [-0.3, -0.25) is 9.48 Å². The van der Waals surface area contributed by atoms with Gasteiger partial charge in [-0.15, -0.1) is 0 Å². The maximum atomic E-state index is 12.0. The van der Waals surface area contributed by atoms with Crippen molar-refractivity contribution >= 4 is 17.4 Å². The van der Waals surface area contributed by atoms with Gasteiger partial charge in [-0.2, -0.15) is 5.10 Å². The summed E-state index contributed by atoms with van der Waals surface area (Å²) < 4.78 is 6.67. The van der Waals surface area contributed by atoms with E-state index in [0.717, 1.165) is 0 Å². The zero-order valence-electron chi connectivity index (χ0n) is 11.5. The van der Waals surface area contributed by atoms with E-state index in [2.05, 4.69) is 20.7 Å². The number of carbonyl (C=O) groups excluding carboxylic acids is 1. The van der Waals surface area contributed by atoms with E-state index in [9.17, 15) is 4.79 Å². The lowest BCUT2D eigenvalue weighted by Gasteiger charge is -2.03. The summed E-state index contributed by atoms with van der Waals surface area (Å²) in [5.74, 6) is 0.500. The summed E-state index contributed by atoms with van der Waals surface area (Å²) in [6.45, 7) is 1.22. The van der Waals surface area contributed by atoms with Crippen molar-refractivity contribution in [3.8, 4) is 0 Å². The van der Waals surface area contributed by atoms with E-state index < -0.39 is 0 Å². The van der Waals surface area contributed by atoms with Crippen LogP contribution in [0.1, 0.15) is 10.4 Å². The van der Waals surface area contributed by atoms with Gasteiger partial charge in [-0.25, -0.2) is 4.98 Å². The molecule has 7 heteroatoms. The Morgan fingerprint density at radius 3 is 2.90 bits per heavy atom. The molecule has 106 valence electrons. The number of rotatable bonds is 6. The first-order valence-corrected chi connectivity index (χ1v) is 6.19. The number of anilines is 2. The van der Waals surface area contributed by atoms with Crippen LogP contribution in [-0.2, 0) is 11.3 Å². The minimum Gasteiger partial charge on any atom is -0.383 e. The molecular formula is C13H17N5O2. The molecule has 0 saturated heterocycles. The van der Waals surface area contributed by atoms with Gasteiger partial charge in [0.05, 0.1) is 30.6 Å². The minimum atomic E-state index is -0.216. The number of nitrogens with one attached hydrogen (secondary N) is 2. The smallest absolute Gasteiger partial charge is 0.257 e. The van der Waals surface area contributed by atoms with E-state index in [0.29, 0.717) is 30.2 Å². The molecule has 0 spiro atoms. The normalized spacial score (nSPS) is 10.3. The molecule has 2 rings (SSSR count). The predicted octanol–water partition coefficient (Wildman–Crippen LogP) is 1.22. The molecule has 20 heavy (non-hydrogen) atoms. The minimum absolute atomic E-state index is 0.216. The lowest BCUT2D eigenvalue weighted by atomic mass is 10.2. The van der Waals surface area contributed by atoms with Crippen LogP contribution in [0.5, 0.6) is 0 Å². The fourth-order valence-corrected chi connectivity index (χ4v) is 1.61. The number of ether oxygens (including phenoxy) is 1. The van der Waals surface area contributed by atoms with Gasteiger partial charge in [0.2, 0.25) is 0 Å². The van der Waals surface area contributed by atoms with Crippen LogP contribution in [-0.4, -0.2) is 41.4 Å². The highest BCUT2D eigenvalue weighted by molar-refractivity contribution is 6.04. The molecule has 0 bridgehead atoms. The first kappa shape index (κ1) is 14.0. The van der Waals surface area contributed by atoms with Crippen LogP contribution in [0.4, 0.5) is 11.5 Å². The van der Waals surface area contributed by atoms with Crippen molar-refractivity contribution in [3.05, 3.63) is 36.3 Å². The quantitative estimate of drug-likeness (QED) is 0.828. The molecule has 2 N–H and O–H groups in total. The van der Waals surface area contributed by atoms with Gasteiger partial charge in [-0.1, -0.05) is 0 Å². The molecule has 0 aliphatic rings. The van der Waals surface area contributed by atoms with Crippen molar-refractivity contribution in [2.24, 2.45) is 0 Å². The lowest BCUT2D eigenvalue weighted by molar-refractivity contribution is 0.102. The second-order valence-corrected chi connectivity index (χ2v) is 4.12. The number of methoxy groups -OCH3 is 1. The zero-order valence-corrected chi connectivity index (χ0v) is 11.5. The topological polar surface area (TPSA) is 81.1 Å². The Labute approximate surface area is 117 Å². The van der Waals surface area contributed by atoms with Crippen LogP contribution < -0.4 is 10.6 Å². The number of hydrogen-bond acceptors (Lipinski definition) is 5. The van der Waals surface area contributed by atoms with E-state index in [1.165, 1.54) is 6.20 Å². The summed E-state index contributed by atoms with van der Waals surface area (Å²) in [5.41, 5.74) is 1.14. The van der Waals surface area contributed by atoms with E-state index in [1.54, 1.807) is 43.4 Å². The Bertz CT molecular complexity index is 564. The molecule has 2 heterocycles. The predicted molar refractivity (Wildman–Crippen MR) is 75.8 cm³/mol. The first-order chi connectivity index (χ1) is 9.72. The molecule has 0 atom stereocenters. The summed E-state index contributed by atoms with van der Waals surface area (Å²) in [5, 5.41) is 9.79. The summed E-state index contributed by atoms with van der Waals surface area (Å²) in [6.07, 6.45) is 4.88. The Kier molecular flexibility index (Phi) is 4.67. The molecule has 7 nitrogen and oxygen atoms in total. The van der Waals surface area contributed by atoms with E-state index in [1.807, 2.05) is 0 Å². The summed E-state index contributed by atoms with van der Waals surface area (Å²) in [7, 11) is 3.41. The van der Waals surface area contributed by atoms with Crippen LogP contribution in [0.3, 0.4) is 0 Å². The summed E-state index contributed by atoms with van der Waals surface area (Å²) >= 11 is 0. The van der Waals surface area contributed by atoms with Gasteiger partial charge >= 0.3 is 0 Å². The molecule has 2 aromatic rings. The molecule has 0 aliphatic heterocycles. The fraction of sp³-hybridized carbons (Fsp3) is 0.308. The van der Waals surface area contributed by atoms with Crippen molar-refractivity contribution in [2.75, 3.05) is 31.4 Å². The van der Waals surface area contributed by atoms with Crippen molar-refractivity contribution in [2.45, 2.75) is 6.54 Å². The molecule has 0 fully saturated rings. The van der Waals surface area contributed by atoms with Crippen LogP contribution >= 0.6 is 0 Å². The maximum Gasteiger partial charge on any atom is 0.257 e. The van der Waals surface area contributed by atoms with Gasteiger partial charge < -0.3 is 15.4 Å². The summed E-state index contributed by atoms with van der Waals surface area (Å²) in [6, 6.07) is 3.46.